The Morgan fingerprint density at radius 3 is 1.14 bits per heavy atom. The van der Waals surface area contributed by atoms with E-state index in [0.29, 0.717) is 76.0 Å². The minimum atomic E-state index is -0.297. The van der Waals surface area contributed by atoms with Crippen molar-refractivity contribution in [1.29, 1.82) is 0 Å². The third kappa shape index (κ3) is 26.6. The van der Waals surface area contributed by atoms with Crippen molar-refractivity contribution in [3.63, 3.8) is 0 Å². The summed E-state index contributed by atoms with van der Waals surface area (Å²) >= 11 is 6.49. The van der Waals surface area contributed by atoms with Crippen molar-refractivity contribution in [1.82, 2.24) is 74.8 Å². The summed E-state index contributed by atoms with van der Waals surface area (Å²) < 4.78 is 60.9. The van der Waals surface area contributed by atoms with E-state index in [0.717, 1.165) is 156 Å². The van der Waals surface area contributed by atoms with Gasteiger partial charge in [0.15, 0.2) is 5.58 Å². The summed E-state index contributed by atoms with van der Waals surface area (Å²) in [5.74, 6) is 14.9. The number of anilines is 3. The van der Waals surface area contributed by atoms with E-state index in [-0.39, 0.29) is 11.6 Å². The molecule has 20 rings (SSSR count). The van der Waals surface area contributed by atoms with E-state index in [4.69, 9.17) is 39.6 Å². The fourth-order valence-electron chi connectivity index (χ4n) is 13.1. The molecule has 132 heavy (non-hydrogen) atoms. The molecule has 20 aromatic rings. The number of rotatable bonds is 26. The van der Waals surface area contributed by atoms with Gasteiger partial charge in [-0.25, -0.2) is 48.7 Å². The molecule has 0 saturated heterocycles. The number of benzene rings is 10. The van der Waals surface area contributed by atoms with Crippen LogP contribution in [0.15, 0.2) is 346 Å². The van der Waals surface area contributed by atoms with Gasteiger partial charge in [-0.1, -0.05) is 96.3 Å². The zero-order valence-electron chi connectivity index (χ0n) is 72.0. The van der Waals surface area contributed by atoms with Crippen LogP contribution in [0.4, 0.5) is 26.1 Å². The SMILES string of the molecule is Cc1cc(NCc2ccc(-c3ccc(Oc4ccccc4)cc3)cn2)ccn1.Cc1cc(SCc2nc3ccc(Oc4ccc(F)cc4)cc3[nH]2)ccn1.Cc1cc(SCc2nc3ccc(Oc4ccccc4)cc3o2)ccn1.Cc1nc(N)cc(SCc2nc3ccc(Oc4ccc(F)cc4)cc3[nH]2)n1.Cc1nc(N)cc(SCc2nc3ccc(Oc4ccccc4)cc3[nH]2)n1. The largest absolute Gasteiger partial charge is 0.457 e. The number of fused-ring (bicyclic) bond motifs is 4. The number of nitrogens with zero attached hydrogens (tertiary/aromatic N) is 12. The molecule has 0 aliphatic rings. The van der Waals surface area contributed by atoms with Gasteiger partial charge in [0.1, 0.15) is 125 Å². The van der Waals surface area contributed by atoms with Crippen LogP contribution in [0, 0.1) is 46.3 Å². The van der Waals surface area contributed by atoms with E-state index < -0.39 is 0 Å². The van der Waals surface area contributed by atoms with Gasteiger partial charge in [0.05, 0.1) is 68.4 Å². The highest BCUT2D eigenvalue weighted by Crippen LogP contribution is 2.35. The van der Waals surface area contributed by atoms with Crippen molar-refractivity contribution >= 4 is 109 Å². The first kappa shape index (κ1) is 89.9. The highest BCUT2D eigenvalue weighted by atomic mass is 32.2. The van der Waals surface area contributed by atoms with Gasteiger partial charge in [-0.15, -0.1) is 23.5 Å². The van der Waals surface area contributed by atoms with Gasteiger partial charge in [0.2, 0.25) is 5.89 Å². The summed E-state index contributed by atoms with van der Waals surface area (Å²) in [6.45, 7) is 10.3. The Morgan fingerprint density at radius 2 is 0.712 bits per heavy atom. The molecule has 658 valence electrons. The molecule has 0 bridgehead atoms. The van der Waals surface area contributed by atoms with Crippen LogP contribution >= 0.6 is 47.0 Å². The van der Waals surface area contributed by atoms with E-state index in [9.17, 15) is 8.78 Å². The number of hydrogen-bond donors (Lipinski definition) is 6. The molecule has 30 heteroatoms. The topological polar surface area (TPSA) is 325 Å². The van der Waals surface area contributed by atoms with Crippen molar-refractivity contribution in [3.05, 3.63) is 391 Å². The maximum atomic E-state index is 13.0. The number of hydrogen-bond acceptors (Lipinski definition) is 25. The summed E-state index contributed by atoms with van der Waals surface area (Å²) in [7, 11) is 0. The third-order valence-corrected chi connectivity index (χ3v) is 23.0. The summed E-state index contributed by atoms with van der Waals surface area (Å²) in [5, 5.41) is 5.02. The number of nitrogens with two attached hydrogens (primary N) is 2. The Morgan fingerprint density at radius 1 is 0.333 bits per heavy atom. The molecule has 0 spiro atoms. The van der Waals surface area contributed by atoms with Gasteiger partial charge < -0.3 is 59.8 Å². The number of nitrogens with one attached hydrogen (secondary N) is 4. The van der Waals surface area contributed by atoms with Crippen LogP contribution in [-0.2, 0) is 29.6 Å². The van der Waals surface area contributed by atoms with Crippen molar-refractivity contribution < 1.29 is 36.9 Å². The van der Waals surface area contributed by atoms with Crippen LogP contribution < -0.4 is 40.5 Å². The predicted octanol–water partition coefficient (Wildman–Crippen LogP) is 25.8. The number of aryl methyl sites for hydroxylation is 5. The average Bonchev–Trinajstić information content (AvgIpc) is 1.69. The first-order valence-electron chi connectivity index (χ1n) is 41.6. The van der Waals surface area contributed by atoms with Gasteiger partial charge in [0, 0.05) is 99.3 Å². The number of pyridine rings is 4. The molecule has 10 aromatic carbocycles. The molecule has 0 aliphatic carbocycles. The smallest absolute Gasteiger partial charge is 0.205 e. The molecule has 8 N–H and O–H groups in total. The molecule has 0 radical (unpaired) electrons. The molecule has 0 unspecified atom stereocenters. The number of nitrogen functional groups attached to an aromatic ring is 2. The standard InChI is InChI=1S/C24H21N3O.C20H16FN3OS.C20H16N2O2S.C19H16FN5OS.C19H17N5OS/c1-18-15-21(13-14-25-18)27-17-22-10-7-20(16-26-22)19-8-11-24(12-9-19)28-23-5-3-2-4-6-23;1-13-10-17(8-9-22-13)26-12-20-23-18-7-6-16(11-19(18)24-20)25-15-4-2-14(21)3-5-15;1-14-11-17(9-10-21-14)25-13-20-22-18-8-7-16(12-19(18)24-20)23-15-5-3-2-4-6-15;1-11-22-17(21)9-19(23-11)27-10-18-24-15-7-6-14(8-16(15)25-18)26-13-4-2-12(20)3-5-13;1-12-21-17(20)10-19(22-12)26-11-18-23-15-8-7-14(9-16(15)24-18)25-13-5-3-2-4-6-13/h2-16H,17H2,1H3,(H,25,27);2-11H,12H2,1H3,(H,23,24);2-12H,13H2,1H3;2-9H,10H2,1H3,(H,24,25)(H2,21,22,23);2-10H,11H2,1H3,(H,23,24)(H2,20,21,22). The molecule has 10 aromatic heterocycles. The lowest BCUT2D eigenvalue weighted by Crippen LogP contribution is -2.01. The number of para-hydroxylation sites is 3. The summed E-state index contributed by atoms with van der Waals surface area (Å²) in [5.41, 5.74) is 25.7. The third-order valence-electron chi connectivity index (χ3n) is 19.2. The molecular formula is C102H86F2N18O6S4. The Balaban J connectivity index is 0.000000120. The van der Waals surface area contributed by atoms with Crippen LogP contribution in [0.3, 0.4) is 0 Å². The van der Waals surface area contributed by atoms with Crippen molar-refractivity contribution in [3.8, 4) is 68.6 Å². The number of ether oxygens (including phenoxy) is 5. The van der Waals surface area contributed by atoms with E-state index in [1.54, 1.807) is 77.9 Å². The second kappa shape index (κ2) is 44.0. The Bertz CT molecular complexity index is 7180. The molecular weight excluding hydrogens is 1740 g/mol. The summed E-state index contributed by atoms with van der Waals surface area (Å²) in [6.07, 6.45) is 7.34. The van der Waals surface area contributed by atoms with Crippen LogP contribution in [0.1, 0.15) is 57.8 Å². The molecule has 0 fully saturated rings. The van der Waals surface area contributed by atoms with Crippen LogP contribution in [0.25, 0.3) is 55.3 Å². The number of imidazole rings is 3. The minimum absolute atomic E-state index is 0.284. The highest BCUT2D eigenvalue weighted by Gasteiger charge is 2.15. The van der Waals surface area contributed by atoms with Crippen molar-refractivity contribution in [2.45, 2.75) is 84.0 Å². The molecule has 0 aliphatic heterocycles. The zero-order chi connectivity index (χ0) is 90.9. The van der Waals surface area contributed by atoms with Gasteiger partial charge in [-0.3, -0.25) is 19.9 Å². The van der Waals surface area contributed by atoms with Crippen molar-refractivity contribution in [2.24, 2.45) is 0 Å². The lowest BCUT2D eigenvalue weighted by atomic mass is 10.1. The molecule has 0 atom stereocenters. The first-order chi connectivity index (χ1) is 64.4. The lowest BCUT2D eigenvalue weighted by Gasteiger charge is -2.08. The van der Waals surface area contributed by atoms with Gasteiger partial charge in [-0.2, -0.15) is 0 Å². The maximum Gasteiger partial charge on any atom is 0.205 e. The Hall–Kier alpha value is -15.5. The number of H-pyrrole nitrogens is 3. The summed E-state index contributed by atoms with van der Waals surface area (Å²) in [4.78, 5) is 64.7. The molecule has 24 nitrogen and oxygen atoms in total. The monoisotopic (exact) mass is 1820 g/mol. The van der Waals surface area contributed by atoms with E-state index >= 15 is 0 Å². The van der Waals surface area contributed by atoms with Crippen molar-refractivity contribution in [2.75, 3.05) is 16.8 Å². The average molecular weight is 1830 g/mol. The number of halogens is 2. The second-order valence-electron chi connectivity index (χ2n) is 29.6. The number of oxazole rings is 1. The fourth-order valence-corrected chi connectivity index (χ4v) is 16.4. The van der Waals surface area contributed by atoms with Gasteiger partial charge in [0.25, 0.3) is 0 Å². The fraction of sp³-hybridized carbons (Fsp3) is 0.0980. The zero-order valence-corrected chi connectivity index (χ0v) is 75.3. The summed E-state index contributed by atoms with van der Waals surface area (Å²) in [6, 6.07) is 91.6. The van der Waals surface area contributed by atoms with Crippen LogP contribution in [-0.4, -0.2) is 74.8 Å². The van der Waals surface area contributed by atoms with E-state index in [2.05, 4.69) is 98.3 Å². The molecule has 0 saturated carbocycles. The second-order valence-corrected chi connectivity index (χ2v) is 33.6. The molecule has 0 amide bonds. The van der Waals surface area contributed by atoms with E-state index in [1.165, 1.54) is 40.9 Å². The minimum Gasteiger partial charge on any atom is -0.457 e. The molecule has 10 heterocycles. The number of aromatic amines is 3. The predicted molar refractivity (Wildman–Crippen MR) is 519 cm³/mol. The van der Waals surface area contributed by atoms with Crippen LogP contribution in [0.5, 0.6) is 57.5 Å². The maximum absolute atomic E-state index is 13.0. The quantitative estimate of drug-likeness (QED) is 0.0217. The highest BCUT2D eigenvalue weighted by molar-refractivity contribution is 7.99. The Kier molecular flexibility index (Phi) is 30.0. The first-order valence-corrected chi connectivity index (χ1v) is 45.5. The normalized spacial score (nSPS) is 10.9. The van der Waals surface area contributed by atoms with Crippen LogP contribution in [0.2, 0.25) is 0 Å². The van der Waals surface area contributed by atoms with Gasteiger partial charge in [-0.05, 0) is 228 Å². The van der Waals surface area contributed by atoms with Gasteiger partial charge >= 0.3 is 0 Å². The lowest BCUT2D eigenvalue weighted by molar-refractivity contribution is 0.480. The number of thioether (sulfide) groups is 4. The Labute approximate surface area is 775 Å². The van der Waals surface area contributed by atoms with E-state index in [1.807, 2.05) is 272 Å². The number of aromatic nitrogens is 15.